The molecule has 4 amide bonds. The van der Waals surface area contributed by atoms with Crippen LogP contribution in [0, 0.1) is 6.92 Å². The van der Waals surface area contributed by atoms with Crippen LogP contribution >= 0.6 is 278 Å². The van der Waals surface area contributed by atoms with Crippen LogP contribution in [0.5, 0.6) is 0 Å². The number of nitrogens with one attached hydrogen (secondary N) is 2. The zero-order valence-corrected chi connectivity index (χ0v) is 78.8. The van der Waals surface area contributed by atoms with Gasteiger partial charge in [0.15, 0.2) is 25.2 Å². The minimum atomic E-state index is -4.04. The molecule has 24 nitrogen and oxygen atoms in total. The minimum absolute atomic E-state index is 0. The summed E-state index contributed by atoms with van der Waals surface area (Å²) in [5.41, 5.74) is 16.6. The van der Waals surface area contributed by atoms with Gasteiger partial charge in [0.1, 0.15) is 6.29 Å². The van der Waals surface area contributed by atoms with Gasteiger partial charge in [-0.1, -0.05) is 304 Å². The summed E-state index contributed by atoms with van der Waals surface area (Å²) in [4.78, 5) is 67.2. The van der Waals surface area contributed by atoms with Crippen molar-refractivity contribution >= 4 is 324 Å². The molecular formula is C64H86Cl24N4O20S. The van der Waals surface area contributed by atoms with Crippen LogP contribution in [-0.2, 0) is 81.0 Å². The van der Waals surface area contributed by atoms with Gasteiger partial charge in [0.2, 0.25) is 54.0 Å². The topological polar surface area (TPSA) is 356 Å². The normalized spacial score (nSPS) is 14.7. The number of alkyl halides is 24. The van der Waals surface area contributed by atoms with Gasteiger partial charge in [-0.2, -0.15) is 8.42 Å². The number of aryl methyl sites for hydroxylation is 1. The number of rotatable bonds is 40. The van der Waals surface area contributed by atoms with Crippen LogP contribution in [0.25, 0.3) is 0 Å². The Kier molecular flexibility index (Phi) is 60.7. The summed E-state index contributed by atoms with van der Waals surface area (Å²) in [5, 5.41) is 32.7. The van der Waals surface area contributed by atoms with Crippen molar-refractivity contribution in [1.29, 1.82) is 0 Å². The van der Waals surface area contributed by atoms with Crippen molar-refractivity contribution in [2.24, 2.45) is 11.5 Å². The van der Waals surface area contributed by atoms with Crippen LogP contribution in [0.3, 0.4) is 0 Å². The highest BCUT2D eigenvalue weighted by atomic mass is 35.6. The van der Waals surface area contributed by atoms with Gasteiger partial charge in [0.05, 0.1) is 77.6 Å². The fourth-order valence-electron chi connectivity index (χ4n) is 8.32. The van der Waals surface area contributed by atoms with Crippen LogP contribution in [0.15, 0.2) is 84.9 Å². The van der Waals surface area contributed by atoms with Crippen molar-refractivity contribution in [3.05, 3.63) is 85.6 Å². The maximum atomic E-state index is 12.4. The summed E-state index contributed by atoms with van der Waals surface area (Å²) >= 11 is 135. The lowest BCUT2D eigenvalue weighted by atomic mass is 10.0. The van der Waals surface area contributed by atoms with Crippen LogP contribution in [0.4, 0.5) is 0 Å². The van der Waals surface area contributed by atoms with Crippen molar-refractivity contribution in [1.82, 2.24) is 10.6 Å². The van der Waals surface area contributed by atoms with E-state index < -0.39 is 83.4 Å². The third-order valence-electron chi connectivity index (χ3n) is 13.7. The molecule has 3 rings (SSSR count). The average molecular weight is 2110 g/mol. The number of halogens is 24. The van der Waals surface area contributed by atoms with Crippen molar-refractivity contribution in [3.8, 4) is 0 Å². The number of carbonyl (C=O) groups excluding carboxylic acids is 5. The van der Waals surface area contributed by atoms with Crippen molar-refractivity contribution in [2.75, 3.05) is 85.8 Å². The maximum absolute atomic E-state index is 12.4. The Morgan fingerprint density at radius 3 is 0.973 bits per heavy atom. The smallest absolute Gasteiger partial charge is 0.331 e. The number of hydrogen-bond acceptors (Lipinski definition) is 19. The Morgan fingerprint density at radius 1 is 0.460 bits per heavy atom. The van der Waals surface area contributed by atoms with E-state index >= 15 is 0 Å². The van der Waals surface area contributed by atoms with E-state index in [1.807, 2.05) is 20.8 Å². The second-order valence-electron chi connectivity index (χ2n) is 23.5. The van der Waals surface area contributed by atoms with E-state index in [-0.39, 0.29) is 152 Å². The molecule has 0 radical (unpaired) electrons. The van der Waals surface area contributed by atoms with Crippen molar-refractivity contribution in [2.45, 2.75) is 174 Å². The fraction of sp³-hybridized carbons (Fsp3) is 0.656. The SMILES string of the molecule is C.C/C(CO)=C(\CCC(OCC(Cl)(Cl)Cl)OCC(Cl)(Cl)Cl)C(=O)O.C/C(CO)=C(\CCC(OCC(Cl)(Cl)Cl)OCC(Cl)(Cl)Cl)C(N)=O.C/C(COS(=O)(=O)c1ccc(C)cc1)=C(\CCC(OCC(Cl)(Cl)Cl)OCC(Cl)(Cl)Cl)C(N)=O.CC1=C(CCC(OCC(Cl)(Cl)Cl)OCC(Cl)(Cl)Cl)C(=O)NC1.CC1=C(CCC=O)C(=O)NC1. The molecule has 0 spiro atoms. The van der Waals surface area contributed by atoms with Crippen molar-refractivity contribution in [3.63, 3.8) is 0 Å². The van der Waals surface area contributed by atoms with E-state index in [0.29, 0.717) is 61.1 Å². The molecule has 113 heavy (non-hydrogen) atoms. The van der Waals surface area contributed by atoms with Crippen LogP contribution < -0.4 is 22.1 Å². The number of nitrogens with two attached hydrogens (primary N) is 2. The number of carboxylic acids is 1. The summed E-state index contributed by atoms with van der Waals surface area (Å²) in [7, 11) is -4.04. The molecule has 0 saturated carbocycles. The Hall–Kier alpha value is 1.41. The number of amides is 4. The first-order valence-electron chi connectivity index (χ1n) is 31.8. The second-order valence-corrected chi connectivity index (χ2v) is 45.3. The molecule has 0 aromatic heterocycles. The highest BCUT2D eigenvalue weighted by Gasteiger charge is 2.33. The molecule has 1 aromatic carbocycles. The van der Waals surface area contributed by atoms with E-state index in [9.17, 15) is 37.2 Å². The molecule has 1 aromatic rings. The predicted octanol–water partition coefficient (Wildman–Crippen LogP) is 18.7. The number of hydrogen-bond donors (Lipinski definition) is 7. The Morgan fingerprint density at radius 2 is 0.726 bits per heavy atom. The number of ether oxygens (including phenoxy) is 8. The lowest BCUT2D eigenvalue weighted by molar-refractivity contribution is -0.145. The van der Waals surface area contributed by atoms with Crippen LogP contribution in [0.2, 0.25) is 0 Å². The summed E-state index contributed by atoms with van der Waals surface area (Å²) in [6.45, 7) is 8.17. The number of aliphatic hydroxyl groups is 2. The average Bonchev–Trinajstić information content (AvgIpc) is 1.30. The number of aldehydes is 1. The van der Waals surface area contributed by atoms with E-state index in [0.717, 1.165) is 28.6 Å². The molecule has 0 bridgehead atoms. The van der Waals surface area contributed by atoms with Crippen molar-refractivity contribution < 1.29 is 94.6 Å². The number of carbonyl (C=O) groups is 6. The molecule has 0 aliphatic carbocycles. The van der Waals surface area contributed by atoms with E-state index in [1.165, 1.54) is 26.0 Å². The molecule has 49 heteroatoms. The third kappa shape index (κ3) is 63.1. The van der Waals surface area contributed by atoms with E-state index in [4.69, 9.17) is 347 Å². The first-order valence-corrected chi connectivity index (χ1v) is 42.3. The molecule has 2 heterocycles. The molecule has 0 saturated heterocycles. The Bertz CT molecular complexity index is 3240. The summed E-state index contributed by atoms with van der Waals surface area (Å²) in [5.74, 6) is -2.69. The quantitative estimate of drug-likeness (QED) is 0.0105. The Balaban J connectivity index is -0.00000138. The van der Waals surface area contributed by atoms with Gasteiger partial charge >= 0.3 is 5.97 Å². The van der Waals surface area contributed by atoms with Gasteiger partial charge in [-0.3, -0.25) is 23.4 Å². The van der Waals surface area contributed by atoms with E-state index in [2.05, 4.69) is 10.6 Å². The second kappa shape index (κ2) is 57.8. The molecule has 0 atom stereocenters. The number of primary amides is 2. The highest BCUT2D eigenvalue weighted by molar-refractivity contribution is 7.86. The number of aliphatic hydroxyl groups excluding tert-OH is 2. The molecule has 9 N–H and O–H groups in total. The summed E-state index contributed by atoms with van der Waals surface area (Å²) in [6.07, 6.45) is -0.381. The largest absolute Gasteiger partial charge is 0.478 e. The minimum Gasteiger partial charge on any atom is -0.478 e. The fourth-order valence-corrected chi connectivity index (χ4v) is 10.8. The molecule has 656 valence electrons. The van der Waals surface area contributed by atoms with Gasteiger partial charge in [0, 0.05) is 73.1 Å². The lowest BCUT2D eigenvalue weighted by Crippen LogP contribution is -2.28. The zero-order valence-electron chi connectivity index (χ0n) is 59.9. The monoisotopic (exact) mass is 2100 g/mol. The summed E-state index contributed by atoms with van der Waals surface area (Å²) < 4.78 is 59.3. The maximum Gasteiger partial charge on any atom is 0.331 e. The van der Waals surface area contributed by atoms with Crippen LogP contribution in [0.1, 0.15) is 112 Å². The zero-order chi connectivity index (χ0) is 87.2. The number of aliphatic carboxylic acids is 1. The first-order chi connectivity index (χ1) is 50.9. The standard InChI is InChI=1S/C19H23Cl6NO6S.C12H17Cl6NO4.C12H15Cl6NO3.C12H16Cl6O5.C8H11NO2.CH4/c1-12-3-5-14(6-4-12)33(28,29)32-9-13(2)15(17(26)27)7-8-16(30-10-18(20,21)22)31-11-19(23,24)25;1-7(4-20)8(10(19)21)2-3-9(22-5-11(13,14)15)23-6-12(16,17)18;1-7-4-19-10(20)8(7)2-3-9(21-5-11(13,14)15)22-6-12(16,17)18;1-7(4-19)8(10(20)21)2-3-9(22-5-11(13,14)15)23-6-12(16,17)18;1-6-5-9-8(11)7(6)3-2-4-10;/h3-6,16H,7-11H2,1-2H3,(H2,26,27);9,20H,2-6H2,1H3,(H2,19,21);9H,2-6H2,1H3,(H,19,20);9,19H,2-6H2,1H3,(H,20,21);4H,2-3,5H2,1H3,(H,9,11);1H4/b15-13-;8-7-;;8-7-;;. The van der Waals surface area contributed by atoms with Gasteiger partial charge in [-0.05, 0) is 114 Å². The molecule has 2 aliphatic rings. The molecule has 0 unspecified atom stereocenters. The Labute approximate surface area is 777 Å². The highest BCUT2D eigenvalue weighted by Crippen LogP contribution is 2.36. The lowest BCUT2D eigenvalue weighted by Gasteiger charge is -2.23. The van der Waals surface area contributed by atoms with Gasteiger partial charge in [0.25, 0.3) is 10.1 Å². The van der Waals surface area contributed by atoms with Gasteiger partial charge in [-0.15, -0.1) is 0 Å². The number of carboxylic acid groups (broad SMARTS) is 1. The summed E-state index contributed by atoms with van der Waals surface area (Å²) in [6, 6.07) is 6.13. The van der Waals surface area contributed by atoms with Gasteiger partial charge in [-0.25, -0.2) is 4.79 Å². The number of benzene rings is 1. The molecular weight excluding hydrogens is 2030 g/mol. The molecule has 2 aliphatic heterocycles. The van der Waals surface area contributed by atoms with Crippen LogP contribution in [-0.4, -0.2) is 201 Å². The first kappa shape index (κ1) is 119. The third-order valence-corrected chi connectivity index (χ3v) is 17.6. The predicted molar refractivity (Wildman–Crippen MR) is 458 cm³/mol. The molecule has 0 fully saturated rings. The van der Waals surface area contributed by atoms with Gasteiger partial charge < -0.3 is 80.1 Å². The van der Waals surface area contributed by atoms with E-state index in [1.54, 1.807) is 19.1 Å².